The number of ether oxygens (including phenoxy) is 1. The number of likely N-dealkylation sites (N-methyl/N-ethyl adjacent to an activating group) is 1. The zero-order valence-corrected chi connectivity index (χ0v) is 12.6. The maximum Gasteiger partial charge on any atom is 0.137 e. The standard InChI is InChI=1S/C14H26N4O/c1-5-8-15-13-12(4)14(17-11-16-13)18(6-2)9-10-19-7-3/h11H,5-10H2,1-4H3,(H,15,16,17). The Morgan fingerprint density at radius 1 is 1.26 bits per heavy atom. The molecular weight excluding hydrogens is 240 g/mol. The molecule has 1 aromatic rings. The van der Waals surface area contributed by atoms with Crippen LogP contribution in [0.3, 0.4) is 0 Å². The lowest BCUT2D eigenvalue weighted by atomic mass is 10.2. The molecule has 0 amide bonds. The van der Waals surface area contributed by atoms with Gasteiger partial charge in [0.2, 0.25) is 0 Å². The highest BCUT2D eigenvalue weighted by atomic mass is 16.5. The largest absolute Gasteiger partial charge is 0.380 e. The van der Waals surface area contributed by atoms with Crippen LogP contribution in [-0.2, 0) is 4.74 Å². The van der Waals surface area contributed by atoms with Gasteiger partial charge in [-0.1, -0.05) is 6.92 Å². The predicted molar refractivity (Wildman–Crippen MR) is 79.9 cm³/mol. The Labute approximate surface area is 116 Å². The second kappa shape index (κ2) is 8.69. The highest BCUT2D eigenvalue weighted by molar-refractivity contribution is 5.57. The Hall–Kier alpha value is -1.36. The van der Waals surface area contributed by atoms with E-state index < -0.39 is 0 Å². The Morgan fingerprint density at radius 3 is 2.68 bits per heavy atom. The average molecular weight is 266 g/mol. The van der Waals surface area contributed by atoms with Crippen LogP contribution in [0.4, 0.5) is 11.6 Å². The van der Waals surface area contributed by atoms with Gasteiger partial charge in [-0.25, -0.2) is 9.97 Å². The summed E-state index contributed by atoms with van der Waals surface area (Å²) < 4.78 is 5.42. The van der Waals surface area contributed by atoms with Crippen LogP contribution in [0.15, 0.2) is 6.33 Å². The van der Waals surface area contributed by atoms with Gasteiger partial charge in [-0.2, -0.15) is 0 Å². The van der Waals surface area contributed by atoms with Crippen LogP contribution in [0.25, 0.3) is 0 Å². The van der Waals surface area contributed by atoms with E-state index in [1.54, 1.807) is 6.33 Å². The molecule has 0 aliphatic rings. The smallest absolute Gasteiger partial charge is 0.137 e. The van der Waals surface area contributed by atoms with Crippen LogP contribution >= 0.6 is 0 Å². The lowest BCUT2D eigenvalue weighted by Gasteiger charge is -2.24. The number of nitrogens with one attached hydrogen (secondary N) is 1. The van der Waals surface area contributed by atoms with Crippen molar-refractivity contribution in [2.45, 2.75) is 34.1 Å². The lowest BCUT2D eigenvalue weighted by Crippen LogP contribution is -2.29. The molecule has 108 valence electrons. The molecule has 0 bridgehead atoms. The van der Waals surface area contributed by atoms with E-state index in [0.29, 0.717) is 0 Å². The van der Waals surface area contributed by atoms with Crippen LogP contribution in [0.1, 0.15) is 32.8 Å². The van der Waals surface area contributed by atoms with Gasteiger partial charge >= 0.3 is 0 Å². The summed E-state index contributed by atoms with van der Waals surface area (Å²) in [6, 6.07) is 0. The summed E-state index contributed by atoms with van der Waals surface area (Å²) in [4.78, 5) is 11.0. The number of anilines is 2. The van der Waals surface area contributed by atoms with Crippen LogP contribution in [0.2, 0.25) is 0 Å². The van der Waals surface area contributed by atoms with E-state index in [-0.39, 0.29) is 0 Å². The second-order valence-electron chi connectivity index (χ2n) is 4.37. The minimum atomic E-state index is 0.728. The Balaban J connectivity index is 2.78. The minimum Gasteiger partial charge on any atom is -0.380 e. The highest BCUT2D eigenvalue weighted by Gasteiger charge is 2.12. The number of rotatable bonds is 9. The molecule has 1 rings (SSSR count). The first-order valence-corrected chi connectivity index (χ1v) is 7.12. The van der Waals surface area contributed by atoms with Gasteiger partial charge in [0.15, 0.2) is 0 Å². The van der Waals surface area contributed by atoms with Gasteiger partial charge in [0, 0.05) is 31.8 Å². The minimum absolute atomic E-state index is 0.728. The first-order valence-electron chi connectivity index (χ1n) is 7.12. The number of hydrogen-bond acceptors (Lipinski definition) is 5. The normalized spacial score (nSPS) is 10.5. The van der Waals surface area contributed by atoms with Crippen LogP contribution in [-0.4, -0.2) is 42.8 Å². The van der Waals surface area contributed by atoms with Crippen molar-refractivity contribution in [3.63, 3.8) is 0 Å². The summed E-state index contributed by atoms with van der Waals surface area (Å²) >= 11 is 0. The quantitative estimate of drug-likeness (QED) is 0.696. The molecule has 0 aliphatic carbocycles. The maximum absolute atomic E-state index is 5.42. The van der Waals surface area contributed by atoms with Crippen molar-refractivity contribution in [3.8, 4) is 0 Å². The summed E-state index contributed by atoms with van der Waals surface area (Å²) in [6.07, 6.45) is 2.71. The topological polar surface area (TPSA) is 50.3 Å². The molecule has 5 nitrogen and oxygen atoms in total. The lowest BCUT2D eigenvalue weighted by molar-refractivity contribution is 0.154. The van der Waals surface area contributed by atoms with Gasteiger partial charge in [-0.3, -0.25) is 0 Å². The molecule has 0 atom stereocenters. The van der Waals surface area contributed by atoms with Gasteiger partial charge in [-0.05, 0) is 27.2 Å². The molecule has 0 radical (unpaired) electrons. The average Bonchev–Trinajstić information content (AvgIpc) is 2.43. The number of aromatic nitrogens is 2. The molecule has 1 heterocycles. The van der Waals surface area contributed by atoms with Gasteiger partial charge in [0.1, 0.15) is 18.0 Å². The van der Waals surface area contributed by atoms with Gasteiger partial charge in [0.25, 0.3) is 0 Å². The molecule has 0 spiro atoms. The summed E-state index contributed by atoms with van der Waals surface area (Å²) in [6.45, 7) is 12.5. The first kappa shape index (κ1) is 15.7. The van der Waals surface area contributed by atoms with E-state index in [9.17, 15) is 0 Å². The fourth-order valence-corrected chi connectivity index (χ4v) is 1.91. The molecule has 0 aromatic carbocycles. The number of hydrogen-bond donors (Lipinski definition) is 1. The van der Waals surface area contributed by atoms with Crippen molar-refractivity contribution >= 4 is 11.6 Å². The predicted octanol–water partition coefficient (Wildman–Crippen LogP) is 2.47. The molecule has 5 heteroatoms. The molecule has 19 heavy (non-hydrogen) atoms. The monoisotopic (exact) mass is 266 g/mol. The van der Waals surface area contributed by atoms with Crippen molar-refractivity contribution in [1.82, 2.24) is 9.97 Å². The van der Waals surface area contributed by atoms with Crippen LogP contribution in [0.5, 0.6) is 0 Å². The number of nitrogens with zero attached hydrogens (tertiary/aromatic N) is 3. The molecule has 1 N–H and O–H groups in total. The fourth-order valence-electron chi connectivity index (χ4n) is 1.91. The SMILES string of the molecule is CCCNc1ncnc(N(CC)CCOCC)c1C. The van der Waals surface area contributed by atoms with E-state index in [2.05, 4.69) is 41.0 Å². The molecular formula is C14H26N4O. The first-order chi connectivity index (χ1) is 9.24. The van der Waals surface area contributed by atoms with Crippen LogP contribution in [0, 0.1) is 6.92 Å². The van der Waals surface area contributed by atoms with E-state index in [1.807, 2.05) is 6.92 Å². The third kappa shape index (κ3) is 4.67. The Morgan fingerprint density at radius 2 is 2.05 bits per heavy atom. The highest BCUT2D eigenvalue weighted by Crippen LogP contribution is 2.21. The van der Waals surface area contributed by atoms with Crippen molar-refractivity contribution < 1.29 is 4.74 Å². The molecule has 0 unspecified atom stereocenters. The van der Waals surface area contributed by atoms with Crippen LogP contribution < -0.4 is 10.2 Å². The van der Waals surface area contributed by atoms with Crippen molar-refractivity contribution in [1.29, 1.82) is 0 Å². The summed E-state index contributed by atoms with van der Waals surface area (Å²) in [5, 5.41) is 3.34. The van der Waals surface area contributed by atoms with Crippen molar-refractivity contribution in [3.05, 3.63) is 11.9 Å². The van der Waals surface area contributed by atoms with E-state index in [4.69, 9.17) is 4.74 Å². The van der Waals surface area contributed by atoms with E-state index >= 15 is 0 Å². The maximum atomic E-state index is 5.42. The van der Waals surface area contributed by atoms with Gasteiger partial charge < -0.3 is 15.0 Å². The molecule has 0 aliphatic heterocycles. The van der Waals surface area contributed by atoms with Gasteiger partial charge in [-0.15, -0.1) is 0 Å². The molecule has 1 aromatic heterocycles. The summed E-state index contributed by atoms with van der Waals surface area (Å²) in [7, 11) is 0. The zero-order valence-electron chi connectivity index (χ0n) is 12.6. The van der Waals surface area contributed by atoms with Crippen molar-refractivity contribution in [2.75, 3.05) is 43.1 Å². The second-order valence-corrected chi connectivity index (χ2v) is 4.37. The summed E-state index contributed by atoms with van der Waals surface area (Å²) in [5.41, 5.74) is 1.11. The Bertz CT molecular complexity index is 370. The van der Waals surface area contributed by atoms with E-state index in [0.717, 1.165) is 56.5 Å². The van der Waals surface area contributed by atoms with Crippen molar-refractivity contribution in [2.24, 2.45) is 0 Å². The third-order valence-electron chi connectivity index (χ3n) is 2.99. The van der Waals surface area contributed by atoms with E-state index in [1.165, 1.54) is 0 Å². The molecule has 0 saturated carbocycles. The Kier molecular flexibility index (Phi) is 7.18. The molecule has 0 saturated heterocycles. The fraction of sp³-hybridized carbons (Fsp3) is 0.714. The zero-order chi connectivity index (χ0) is 14.1. The molecule has 0 fully saturated rings. The third-order valence-corrected chi connectivity index (χ3v) is 2.99. The van der Waals surface area contributed by atoms with Gasteiger partial charge in [0.05, 0.1) is 6.61 Å². The summed E-state index contributed by atoms with van der Waals surface area (Å²) in [5.74, 6) is 1.93.